The van der Waals surface area contributed by atoms with Crippen molar-refractivity contribution in [2.24, 2.45) is 10.9 Å². The maximum Gasteiger partial charge on any atom is 0.270 e. The molecule has 9 heteroatoms. The average molecular weight is 332 g/mol. The van der Waals surface area contributed by atoms with Gasteiger partial charge in [0.2, 0.25) is 5.91 Å². The molecular weight excluding hydrogens is 319 g/mol. The maximum atomic E-state index is 14.0. The van der Waals surface area contributed by atoms with Crippen molar-refractivity contribution in [3.63, 3.8) is 0 Å². The Kier molecular flexibility index (Phi) is 5.17. The number of amides is 1. The Labute approximate surface area is 135 Å². The molecule has 124 valence electrons. The molecule has 2 aromatic carbocycles. The highest BCUT2D eigenvalue weighted by Gasteiger charge is 2.20. The lowest BCUT2D eigenvalue weighted by Gasteiger charge is -2.12. The molecule has 0 saturated heterocycles. The molecule has 0 unspecified atom stereocenters. The summed E-state index contributed by atoms with van der Waals surface area (Å²) in [5.74, 6) is -1.25. The van der Waals surface area contributed by atoms with Gasteiger partial charge in [-0.3, -0.25) is 14.9 Å². The molecule has 0 aliphatic carbocycles. The van der Waals surface area contributed by atoms with E-state index in [1.165, 1.54) is 24.3 Å². The van der Waals surface area contributed by atoms with Crippen molar-refractivity contribution in [2.75, 3.05) is 11.9 Å². The molecule has 0 aromatic heterocycles. The van der Waals surface area contributed by atoms with Gasteiger partial charge in [-0.15, -0.1) is 0 Å². The number of benzene rings is 2. The van der Waals surface area contributed by atoms with Gasteiger partial charge >= 0.3 is 0 Å². The summed E-state index contributed by atoms with van der Waals surface area (Å²) >= 11 is 0. The van der Waals surface area contributed by atoms with E-state index in [0.717, 1.165) is 18.2 Å². The molecule has 0 aliphatic rings. The molecule has 2 rings (SSSR count). The zero-order valence-corrected chi connectivity index (χ0v) is 12.3. The number of nitrogens with one attached hydrogen (secondary N) is 1. The second kappa shape index (κ2) is 7.29. The second-order valence-corrected chi connectivity index (χ2v) is 4.67. The van der Waals surface area contributed by atoms with Crippen LogP contribution in [0.5, 0.6) is 0 Å². The average Bonchev–Trinajstić information content (AvgIpc) is 2.58. The summed E-state index contributed by atoms with van der Waals surface area (Å²) in [5.41, 5.74) is 4.67. The van der Waals surface area contributed by atoms with Crippen LogP contribution in [-0.4, -0.2) is 28.3 Å². The van der Waals surface area contributed by atoms with E-state index in [4.69, 9.17) is 5.73 Å². The Morgan fingerprint density at radius 3 is 2.58 bits per heavy atom. The van der Waals surface area contributed by atoms with Crippen LogP contribution in [0.3, 0.4) is 0 Å². The van der Waals surface area contributed by atoms with Crippen molar-refractivity contribution in [3.8, 4) is 0 Å². The summed E-state index contributed by atoms with van der Waals surface area (Å²) in [7, 11) is 0. The van der Waals surface area contributed by atoms with Crippen molar-refractivity contribution in [3.05, 3.63) is 69.5 Å². The summed E-state index contributed by atoms with van der Waals surface area (Å²) in [6.45, 7) is -0.318. The molecule has 8 nitrogen and oxygen atoms in total. The third-order valence-corrected chi connectivity index (χ3v) is 3.16. The van der Waals surface area contributed by atoms with Crippen molar-refractivity contribution in [2.45, 2.75) is 0 Å². The number of hydrogen-bond acceptors (Lipinski definition) is 6. The van der Waals surface area contributed by atoms with Gasteiger partial charge in [0.05, 0.1) is 17.2 Å². The molecule has 0 spiro atoms. The summed E-state index contributed by atoms with van der Waals surface area (Å²) in [6.07, 6.45) is 0. The SMILES string of the molecule is NCC(=O)Nc1ccc([N+](=O)[O-])cc1/C(=N/O)c1ccccc1F. The molecule has 1 amide bonds. The Balaban J connectivity index is 2.63. The van der Waals surface area contributed by atoms with Gasteiger partial charge in [0, 0.05) is 23.3 Å². The van der Waals surface area contributed by atoms with E-state index >= 15 is 0 Å². The van der Waals surface area contributed by atoms with Crippen LogP contribution in [0.15, 0.2) is 47.6 Å². The summed E-state index contributed by atoms with van der Waals surface area (Å²) in [5, 5.41) is 25.8. The molecule has 0 radical (unpaired) electrons. The van der Waals surface area contributed by atoms with E-state index in [-0.39, 0.29) is 34.8 Å². The topological polar surface area (TPSA) is 131 Å². The lowest BCUT2D eigenvalue weighted by molar-refractivity contribution is -0.384. The van der Waals surface area contributed by atoms with E-state index < -0.39 is 16.6 Å². The van der Waals surface area contributed by atoms with Crippen LogP contribution in [-0.2, 0) is 4.79 Å². The maximum absolute atomic E-state index is 14.0. The summed E-state index contributed by atoms with van der Waals surface area (Å²) < 4.78 is 14.0. The number of carbonyl (C=O) groups is 1. The minimum absolute atomic E-state index is 0.0152. The molecule has 2 aromatic rings. The molecule has 0 fully saturated rings. The Bertz CT molecular complexity index is 823. The Morgan fingerprint density at radius 1 is 1.29 bits per heavy atom. The van der Waals surface area contributed by atoms with Gasteiger partial charge in [0.25, 0.3) is 5.69 Å². The molecule has 0 saturated carbocycles. The number of hydrogen-bond donors (Lipinski definition) is 3. The minimum Gasteiger partial charge on any atom is -0.410 e. The number of nitro groups is 1. The van der Waals surface area contributed by atoms with Gasteiger partial charge in [-0.1, -0.05) is 17.3 Å². The highest BCUT2D eigenvalue weighted by Crippen LogP contribution is 2.26. The van der Waals surface area contributed by atoms with Crippen LogP contribution in [0.2, 0.25) is 0 Å². The van der Waals surface area contributed by atoms with Gasteiger partial charge in [-0.25, -0.2) is 4.39 Å². The quantitative estimate of drug-likeness (QED) is 0.333. The minimum atomic E-state index is -0.687. The third kappa shape index (κ3) is 3.52. The fourth-order valence-electron chi connectivity index (χ4n) is 2.06. The van der Waals surface area contributed by atoms with Crippen molar-refractivity contribution in [1.82, 2.24) is 0 Å². The van der Waals surface area contributed by atoms with Crippen LogP contribution in [0.25, 0.3) is 0 Å². The van der Waals surface area contributed by atoms with Gasteiger partial charge in [0.15, 0.2) is 0 Å². The Morgan fingerprint density at radius 2 is 2.00 bits per heavy atom. The van der Waals surface area contributed by atoms with E-state index in [0.29, 0.717) is 0 Å². The third-order valence-electron chi connectivity index (χ3n) is 3.16. The zero-order valence-electron chi connectivity index (χ0n) is 12.3. The number of carbonyl (C=O) groups excluding carboxylic acids is 1. The number of nitrogens with two attached hydrogens (primary N) is 1. The van der Waals surface area contributed by atoms with Gasteiger partial charge in [-0.05, 0) is 18.2 Å². The number of non-ortho nitro benzene ring substituents is 1. The fourth-order valence-corrected chi connectivity index (χ4v) is 2.06. The number of oxime groups is 1. The molecule has 0 heterocycles. The van der Waals surface area contributed by atoms with E-state index in [2.05, 4.69) is 10.5 Å². The molecular formula is C15H13FN4O4. The molecule has 0 bridgehead atoms. The number of nitro benzene ring substituents is 1. The lowest BCUT2D eigenvalue weighted by atomic mass is 9.99. The Hall–Kier alpha value is -3.33. The monoisotopic (exact) mass is 332 g/mol. The number of rotatable bonds is 5. The normalized spacial score (nSPS) is 11.2. The lowest BCUT2D eigenvalue weighted by Crippen LogP contribution is -2.23. The number of nitrogens with zero attached hydrogens (tertiary/aromatic N) is 2. The molecule has 0 aliphatic heterocycles. The first-order valence-electron chi connectivity index (χ1n) is 6.73. The summed E-state index contributed by atoms with van der Waals surface area (Å²) in [4.78, 5) is 21.8. The molecule has 0 atom stereocenters. The largest absolute Gasteiger partial charge is 0.410 e. The molecule has 24 heavy (non-hydrogen) atoms. The predicted molar refractivity (Wildman–Crippen MR) is 84.6 cm³/mol. The fraction of sp³-hybridized carbons (Fsp3) is 0.0667. The smallest absolute Gasteiger partial charge is 0.270 e. The van der Waals surface area contributed by atoms with Gasteiger partial charge < -0.3 is 16.3 Å². The number of anilines is 1. The van der Waals surface area contributed by atoms with Crippen LogP contribution in [0.4, 0.5) is 15.8 Å². The second-order valence-electron chi connectivity index (χ2n) is 4.67. The summed E-state index contributed by atoms with van der Waals surface area (Å²) in [6, 6.07) is 8.94. The van der Waals surface area contributed by atoms with Gasteiger partial charge in [0.1, 0.15) is 11.5 Å². The van der Waals surface area contributed by atoms with E-state index in [1.54, 1.807) is 0 Å². The standard InChI is InChI=1S/C15H13FN4O4/c16-12-4-2-1-3-10(12)15(19-22)11-7-9(20(23)24)5-6-13(11)18-14(21)8-17/h1-7,22H,8,17H2,(H,18,21)/b19-15+. The van der Waals surface area contributed by atoms with E-state index in [9.17, 15) is 24.5 Å². The van der Waals surface area contributed by atoms with Crippen LogP contribution in [0, 0.1) is 15.9 Å². The first-order chi connectivity index (χ1) is 11.5. The zero-order chi connectivity index (χ0) is 17.7. The van der Waals surface area contributed by atoms with Crippen LogP contribution in [0.1, 0.15) is 11.1 Å². The van der Waals surface area contributed by atoms with Crippen LogP contribution < -0.4 is 11.1 Å². The first kappa shape index (κ1) is 17.0. The number of halogens is 1. The highest BCUT2D eigenvalue weighted by atomic mass is 19.1. The van der Waals surface area contributed by atoms with Gasteiger partial charge in [-0.2, -0.15) is 0 Å². The first-order valence-corrected chi connectivity index (χ1v) is 6.73. The van der Waals surface area contributed by atoms with Crippen LogP contribution >= 0.6 is 0 Å². The van der Waals surface area contributed by atoms with Crippen molar-refractivity contribution in [1.29, 1.82) is 0 Å². The van der Waals surface area contributed by atoms with Crippen molar-refractivity contribution < 1.29 is 19.3 Å². The predicted octanol–water partition coefficient (Wildman–Crippen LogP) is 1.86. The van der Waals surface area contributed by atoms with Crippen molar-refractivity contribution >= 4 is 23.0 Å². The molecule has 4 N–H and O–H groups in total. The van der Waals surface area contributed by atoms with E-state index in [1.807, 2.05) is 0 Å². The highest BCUT2D eigenvalue weighted by molar-refractivity contribution is 6.17.